The fraction of sp³-hybridized carbons (Fsp3) is 0. The molecule has 0 N–H and O–H groups in total. The summed E-state index contributed by atoms with van der Waals surface area (Å²) in [5.74, 6) is 0. The van der Waals surface area contributed by atoms with Crippen LogP contribution in [0.3, 0.4) is 0 Å². The quantitative estimate of drug-likeness (QED) is 0.163. The summed E-state index contributed by atoms with van der Waals surface area (Å²) >= 11 is 0. The Hall–Kier alpha value is -12.1. The van der Waals surface area contributed by atoms with Crippen LogP contribution in [0.2, 0.25) is 0 Å². The molecule has 0 aliphatic carbocycles. The zero-order valence-electron chi connectivity index (χ0n) is 50.3. The Morgan fingerprint density at radius 1 is 0.245 bits per heavy atom. The van der Waals surface area contributed by atoms with Gasteiger partial charge in [0.25, 0.3) is 16.7 Å². The van der Waals surface area contributed by atoms with Crippen molar-refractivity contribution in [1.82, 2.24) is 28.7 Å². The van der Waals surface area contributed by atoms with Crippen LogP contribution in [0.5, 0.6) is 0 Å². The normalized spacial score (nSPS) is 11.2. The van der Waals surface area contributed by atoms with E-state index in [0.29, 0.717) is 55.4 Å². The Morgan fingerprint density at radius 2 is 0.521 bits per heavy atom. The molecule has 0 saturated heterocycles. The van der Waals surface area contributed by atoms with E-state index >= 15 is 14.4 Å². The van der Waals surface area contributed by atoms with Crippen molar-refractivity contribution in [2.24, 2.45) is 0 Å². The summed E-state index contributed by atoms with van der Waals surface area (Å²) in [4.78, 5) is 63.1. The third-order valence-corrected chi connectivity index (χ3v) is 17.3. The second-order valence-electron chi connectivity index (χ2n) is 22.9. The van der Waals surface area contributed by atoms with Gasteiger partial charge in [-0.3, -0.25) is 23.9 Å². The Morgan fingerprint density at radius 3 is 0.830 bits per heavy atom. The van der Waals surface area contributed by atoms with Gasteiger partial charge in [0.15, 0.2) is 0 Å². The smallest absolute Gasteiger partial charge is 0.262 e. The van der Waals surface area contributed by atoms with E-state index in [-0.39, 0.29) is 36.3 Å². The molecular weight excluding hydrogens is 1330 g/mol. The average Bonchev–Trinajstić information content (AvgIpc) is 0.789. The summed E-state index contributed by atoms with van der Waals surface area (Å²) in [5.41, 5.74) is 3.86. The number of hydrogen-bond acceptors (Lipinski definition) is 6. The maximum atomic E-state index is 16.0. The molecule has 24 aromatic heterocycles. The van der Waals surface area contributed by atoms with Crippen LogP contribution in [-0.4, -0.2) is 28.7 Å². The van der Waals surface area contributed by atoms with Crippen molar-refractivity contribution >= 4 is 130 Å². The van der Waals surface area contributed by atoms with E-state index in [9.17, 15) is 0 Å². The average molecular weight is 1390 g/mol. The maximum Gasteiger partial charge on any atom is 0.262 e. The first-order valence-corrected chi connectivity index (χ1v) is 30.6. The van der Waals surface area contributed by atoms with Gasteiger partial charge in [0.2, 0.25) is 0 Å². The van der Waals surface area contributed by atoms with Crippen LogP contribution < -0.4 is 16.7 Å². The Labute approximate surface area is 551 Å². The predicted octanol–water partition coefficient (Wildman–Crippen LogP) is 18.8. The summed E-state index contributed by atoms with van der Waals surface area (Å²) in [5, 5.41) is 14.5. The summed E-state index contributed by atoms with van der Waals surface area (Å²) in [6, 6.07) is 103. The molecule has 9 nitrogen and oxygen atoms in total. The number of para-hydroxylation sites is 3. The molecule has 0 aliphatic heterocycles. The molecule has 94 heavy (non-hydrogen) atoms. The van der Waals surface area contributed by atoms with Crippen LogP contribution in [-0.2, 0) is 20.1 Å². The Kier molecular flexibility index (Phi) is 15.5. The summed E-state index contributed by atoms with van der Waals surface area (Å²) in [7, 11) is 0. The Bertz CT molecular complexity index is 5570. The number of aromatic nitrogens is 6. The molecule has 0 aliphatic rings. The molecule has 0 unspecified atom stereocenters. The van der Waals surface area contributed by atoms with Gasteiger partial charge in [-0.1, -0.05) is 170 Å². The minimum absolute atomic E-state index is 0. The molecule has 35 rings (SSSR count). The van der Waals surface area contributed by atoms with E-state index in [1.54, 1.807) is 44.0 Å². The molecule has 24 heterocycles. The third-order valence-electron chi connectivity index (χ3n) is 17.3. The molecule has 10 heteroatoms. The van der Waals surface area contributed by atoms with Crippen LogP contribution >= 0.6 is 0 Å². The van der Waals surface area contributed by atoms with E-state index in [1.807, 2.05) is 176 Å². The van der Waals surface area contributed by atoms with Crippen molar-refractivity contribution in [1.29, 1.82) is 0 Å². The number of pyridine rings is 3. The Balaban J connectivity index is 0.00000729. The second-order valence-corrected chi connectivity index (χ2v) is 22.9. The number of benzene rings is 11. The first-order valence-electron chi connectivity index (χ1n) is 30.6. The van der Waals surface area contributed by atoms with E-state index in [1.165, 1.54) is 0 Å². The van der Waals surface area contributed by atoms with Gasteiger partial charge in [0.05, 0.1) is 5.52 Å². The largest absolute Gasteiger partial charge is 0.318 e. The van der Waals surface area contributed by atoms with E-state index < -0.39 is 16.7 Å². The molecule has 1 radical (unpaired) electrons. The molecule has 447 valence electrons. The van der Waals surface area contributed by atoms with E-state index in [0.717, 1.165) is 75.5 Å². The van der Waals surface area contributed by atoms with Crippen molar-refractivity contribution in [3.05, 3.63) is 359 Å². The minimum atomic E-state index is -0.493. The number of rotatable bonds is 3. The zero-order valence-corrected chi connectivity index (χ0v) is 52.7. The third kappa shape index (κ3) is 11.0. The predicted molar refractivity (Wildman–Crippen MR) is 384 cm³/mol. The fourth-order valence-corrected chi connectivity index (χ4v) is 12.7. The summed E-state index contributed by atoms with van der Waals surface area (Å²) in [6.45, 7) is 0. The topological polar surface area (TPSA) is 105 Å². The van der Waals surface area contributed by atoms with Crippen molar-refractivity contribution < 1.29 is 20.1 Å². The molecular formula is C84H52IrN6O3-2. The van der Waals surface area contributed by atoms with Gasteiger partial charge in [-0.15, -0.1) is 59.3 Å². The van der Waals surface area contributed by atoms with Gasteiger partial charge in [0.1, 0.15) is 0 Å². The minimum Gasteiger partial charge on any atom is -0.318 e. The van der Waals surface area contributed by atoms with Crippen LogP contribution in [0.15, 0.2) is 330 Å². The second kappa shape index (κ2) is 25.0. The van der Waals surface area contributed by atoms with Crippen LogP contribution in [0.25, 0.3) is 147 Å². The molecule has 0 saturated carbocycles. The maximum absolute atomic E-state index is 16.0. The molecule has 0 atom stereocenters. The fourth-order valence-electron chi connectivity index (χ4n) is 12.7. The van der Waals surface area contributed by atoms with Crippen molar-refractivity contribution in [2.45, 2.75) is 0 Å². The van der Waals surface area contributed by atoms with Gasteiger partial charge in [-0.05, 0) is 172 Å². The van der Waals surface area contributed by atoms with Crippen LogP contribution in [0.1, 0.15) is 0 Å². The zero-order chi connectivity index (χ0) is 62.4. The van der Waals surface area contributed by atoms with Crippen molar-refractivity contribution in [3.8, 4) is 17.1 Å². The van der Waals surface area contributed by atoms with Crippen LogP contribution in [0, 0.1) is 12.1 Å². The van der Waals surface area contributed by atoms with E-state index in [4.69, 9.17) is 15.0 Å². The summed E-state index contributed by atoms with van der Waals surface area (Å²) < 4.78 is 4.77. The number of hydrogen-bond donors (Lipinski definition) is 0. The molecule has 11 aromatic carbocycles. The van der Waals surface area contributed by atoms with Gasteiger partial charge in [-0.25, -0.2) is 0 Å². The monoisotopic (exact) mass is 1390 g/mol. The molecule has 35 aromatic rings. The van der Waals surface area contributed by atoms with Crippen molar-refractivity contribution in [2.75, 3.05) is 0 Å². The van der Waals surface area contributed by atoms with Gasteiger partial charge < -0.3 is 19.1 Å². The SMILES string of the molecule is O=c1c2cc3cc(c2)c(=O)n(-c2ccccc2)c2ccc(cc2)c2ccc(cn2)c2ccccc2c2cc(cc(c2)c2ccccc2c2ccc(nc2)c2[c-]cc(cc2)n(-c2ccccc2)c3=O)c2ccccc2c2ccc(nc2)c2[c-]cc(cc2)n1-c1ccccc1.[Ir]. The summed E-state index contributed by atoms with van der Waals surface area (Å²) in [6.07, 6.45) is 5.73. The van der Waals surface area contributed by atoms with E-state index in [2.05, 4.69) is 121 Å². The van der Waals surface area contributed by atoms with Gasteiger partial charge in [0, 0.05) is 88.2 Å². The van der Waals surface area contributed by atoms with Gasteiger partial charge in [-0.2, -0.15) is 0 Å². The molecule has 0 amide bonds. The standard InChI is InChI=1S/C84H52N6O3.Ir/c91-82-64-49-65-51-66(50-64)84(93)90(69-20-8-3-9-21-69)72-41-32-57(33-42-72)81-45-36-60(54-87-81)75-24-12-15-27-78(75)63-47-61(76-25-13-10-22-73(76)58-34-43-79(85-52-58)55-28-37-70(38-29-55)88(82)67-16-4-1-5-17-67)46-62(48-63)77-26-14-11-23-74(77)59-35-44-80(86-53-59)56-30-39-71(40-31-56)89(83(65)92)68-18-6-2-7-19-68;/h1-30,32,34-54H;/q-2;. The first-order chi connectivity index (χ1) is 45.8. The van der Waals surface area contributed by atoms with Crippen LogP contribution in [0.4, 0.5) is 0 Å². The van der Waals surface area contributed by atoms with Crippen molar-refractivity contribution in [3.63, 3.8) is 0 Å². The van der Waals surface area contributed by atoms with Gasteiger partial charge >= 0.3 is 0 Å². The molecule has 18 bridgehead atoms. The number of nitrogens with zero attached hydrogens (tertiary/aromatic N) is 6. The molecule has 0 spiro atoms. The molecule has 0 fully saturated rings. The first kappa shape index (κ1) is 58.3.